The van der Waals surface area contributed by atoms with Gasteiger partial charge in [0.25, 0.3) is 0 Å². The normalized spacial score (nSPS) is 21.9. The molecule has 5 heteroatoms. The van der Waals surface area contributed by atoms with E-state index in [1.165, 1.54) is 0 Å². The smallest absolute Gasteiger partial charge is 0.0890 e. The van der Waals surface area contributed by atoms with Crippen LogP contribution in [-0.4, -0.2) is 34.6 Å². The van der Waals surface area contributed by atoms with Crippen molar-refractivity contribution in [1.29, 1.82) is 0 Å². The summed E-state index contributed by atoms with van der Waals surface area (Å²) in [5.41, 5.74) is 6.43. The molecule has 2 heterocycles. The number of aryl methyl sites for hydroxylation is 1. The Balaban J connectivity index is 2.20. The summed E-state index contributed by atoms with van der Waals surface area (Å²) < 4.78 is 7.03. The third-order valence-electron chi connectivity index (χ3n) is 3.52. The Labute approximate surface area is 95.2 Å². The molecular formula is C11H19N3O2. The van der Waals surface area contributed by atoms with Crippen LogP contribution in [0.25, 0.3) is 0 Å². The van der Waals surface area contributed by atoms with E-state index in [1.54, 1.807) is 10.9 Å². The second-order valence-corrected chi connectivity index (χ2v) is 4.53. The van der Waals surface area contributed by atoms with Crippen LogP contribution >= 0.6 is 0 Å². The zero-order valence-electron chi connectivity index (χ0n) is 9.59. The van der Waals surface area contributed by atoms with Crippen molar-refractivity contribution in [2.45, 2.75) is 18.9 Å². The summed E-state index contributed by atoms with van der Waals surface area (Å²) in [4.78, 5) is 0. The van der Waals surface area contributed by atoms with Crippen LogP contribution < -0.4 is 5.73 Å². The molecule has 1 aliphatic heterocycles. The van der Waals surface area contributed by atoms with Crippen molar-refractivity contribution in [2.24, 2.45) is 18.2 Å². The number of nitrogens with zero attached hydrogens (tertiary/aromatic N) is 2. The molecule has 0 bridgehead atoms. The van der Waals surface area contributed by atoms with Crippen molar-refractivity contribution in [3.8, 4) is 0 Å². The van der Waals surface area contributed by atoms with Gasteiger partial charge in [-0.1, -0.05) is 0 Å². The molecule has 1 aliphatic rings. The maximum Gasteiger partial charge on any atom is 0.0890 e. The molecule has 1 saturated heterocycles. The van der Waals surface area contributed by atoms with Gasteiger partial charge in [0.1, 0.15) is 0 Å². The first-order chi connectivity index (χ1) is 7.68. The monoisotopic (exact) mass is 225 g/mol. The lowest BCUT2D eigenvalue weighted by molar-refractivity contribution is -0.0581. The molecule has 90 valence electrons. The predicted octanol–water partition coefficient (Wildman–Crippen LogP) is 0.209. The lowest BCUT2D eigenvalue weighted by Crippen LogP contribution is -2.41. The largest absolute Gasteiger partial charge is 0.388 e. The number of aliphatic hydroxyl groups excluding tert-OH is 1. The molecule has 0 radical (unpaired) electrons. The van der Waals surface area contributed by atoms with Crippen molar-refractivity contribution in [3.63, 3.8) is 0 Å². The maximum atomic E-state index is 10.4. The van der Waals surface area contributed by atoms with E-state index < -0.39 is 6.10 Å². The molecular weight excluding hydrogens is 206 g/mol. The molecule has 1 unspecified atom stereocenters. The fourth-order valence-electron chi connectivity index (χ4n) is 2.30. The highest BCUT2D eigenvalue weighted by Gasteiger charge is 2.39. The molecule has 1 fully saturated rings. The minimum atomic E-state index is -0.546. The minimum Gasteiger partial charge on any atom is -0.388 e. The Bertz CT molecular complexity index is 345. The highest BCUT2D eigenvalue weighted by atomic mass is 16.5. The molecule has 0 spiro atoms. The van der Waals surface area contributed by atoms with Crippen LogP contribution in [0.3, 0.4) is 0 Å². The minimum absolute atomic E-state index is 0.249. The van der Waals surface area contributed by atoms with E-state index >= 15 is 0 Å². The SMILES string of the molecule is Cn1cc(C(O)C2(CN)CCOCC2)cn1. The van der Waals surface area contributed by atoms with E-state index in [-0.39, 0.29) is 5.41 Å². The molecule has 1 atom stereocenters. The number of aromatic nitrogens is 2. The first kappa shape index (κ1) is 11.6. The van der Waals surface area contributed by atoms with Gasteiger partial charge < -0.3 is 15.6 Å². The summed E-state index contributed by atoms with van der Waals surface area (Å²) in [6.45, 7) is 1.83. The summed E-state index contributed by atoms with van der Waals surface area (Å²) in [6.07, 6.45) is 4.61. The van der Waals surface area contributed by atoms with E-state index in [4.69, 9.17) is 10.5 Å². The van der Waals surface area contributed by atoms with Crippen LogP contribution in [0.5, 0.6) is 0 Å². The summed E-state index contributed by atoms with van der Waals surface area (Å²) in [7, 11) is 1.84. The lowest BCUT2D eigenvalue weighted by Gasteiger charge is -2.39. The van der Waals surface area contributed by atoms with E-state index in [0.29, 0.717) is 19.8 Å². The van der Waals surface area contributed by atoms with Gasteiger partial charge in [0.2, 0.25) is 0 Å². The zero-order chi connectivity index (χ0) is 11.6. The van der Waals surface area contributed by atoms with Gasteiger partial charge in [0.15, 0.2) is 0 Å². The third kappa shape index (κ3) is 1.98. The molecule has 2 rings (SSSR count). The molecule has 5 nitrogen and oxygen atoms in total. The molecule has 0 saturated carbocycles. The number of aliphatic hydroxyl groups is 1. The molecule has 0 aliphatic carbocycles. The third-order valence-corrected chi connectivity index (χ3v) is 3.52. The predicted molar refractivity (Wildman–Crippen MR) is 59.7 cm³/mol. The molecule has 16 heavy (non-hydrogen) atoms. The summed E-state index contributed by atoms with van der Waals surface area (Å²) in [6, 6.07) is 0. The molecule has 3 N–H and O–H groups in total. The van der Waals surface area contributed by atoms with Gasteiger partial charge in [-0.05, 0) is 12.8 Å². The first-order valence-electron chi connectivity index (χ1n) is 5.62. The molecule has 0 amide bonds. The van der Waals surface area contributed by atoms with Crippen molar-refractivity contribution < 1.29 is 9.84 Å². The Hall–Kier alpha value is -0.910. The fraction of sp³-hybridized carbons (Fsp3) is 0.727. The number of hydrogen-bond acceptors (Lipinski definition) is 4. The Kier molecular flexibility index (Phi) is 3.28. The summed E-state index contributed by atoms with van der Waals surface area (Å²) >= 11 is 0. The highest BCUT2D eigenvalue weighted by Crippen LogP contribution is 2.41. The van der Waals surface area contributed by atoms with E-state index in [9.17, 15) is 5.11 Å². The zero-order valence-corrected chi connectivity index (χ0v) is 9.59. The Morgan fingerprint density at radius 3 is 2.81 bits per heavy atom. The van der Waals surface area contributed by atoms with Crippen LogP contribution in [-0.2, 0) is 11.8 Å². The van der Waals surface area contributed by atoms with Gasteiger partial charge in [-0.3, -0.25) is 4.68 Å². The highest BCUT2D eigenvalue weighted by molar-refractivity contribution is 5.13. The summed E-state index contributed by atoms with van der Waals surface area (Å²) in [5, 5.41) is 14.5. The molecule has 1 aromatic heterocycles. The van der Waals surface area contributed by atoms with Gasteiger partial charge in [0, 0.05) is 44.0 Å². The van der Waals surface area contributed by atoms with Gasteiger partial charge in [-0.25, -0.2) is 0 Å². The van der Waals surface area contributed by atoms with Crippen LogP contribution in [0.4, 0.5) is 0 Å². The number of hydrogen-bond donors (Lipinski definition) is 2. The van der Waals surface area contributed by atoms with Crippen molar-refractivity contribution in [1.82, 2.24) is 9.78 Å². The van der Waals surface area contributed by atoms with Gasteiger partial charge >= 0.3 is 0 Å². The number of nitrogens with two attached hydrogens (primary N) is 1. The molecule has 1 aromatic rings. The fourth-order valence-corrected chi connectivity index (χ4v) is 2.30. The van der Waals surface area contributed by atoms with Gasteiger partial charge in [-0.2, -0.15) is 5.10 Å². The second kappa shape index (κ2) is 4.53. The van der Waals surface area contributed by atoms with Crippen LogP contribution in [0, 0.1) is 5.41 Å². The van der Waals surface area contributed by atoms with Crippen LogP contribution in [0.15, 0.2) is 12.4 Å². The number of ether oxygens (including phenoxy) is 1. The topological polar surface area (TPSA) is 73.3 Å². The molecule has 0 aromatic carbocycles. The van der Waals surface area contributed by atoms with E-state index in [1.807, 2.05) is 13.2 Å². The average molecular weight is 225 g/mol. The second-order valence-electron chi connectivity index (χ2n) is 4.53. The van der Waals surface area contributed by atoms with Crippen LogP contribution in [0.2, 0.25) is 0 Å². The number of rotatable bonds is 3. The van der Waals surface area contributed by atoms with Crippen molar-refractivity contribution in [3.05, 3.63) is 18.0 Å². The standard InChI is InChI=1S/C11H19N3O2/c1-14-7-9(6-13-14)10(15)11(8-12)2-4-16-5-3-11/h6-7,10,15H,2-5,8,12H2,1H3. The van der Waals surface area contributed by atoms with E-state index in [2.05, 4.69) is 5.10 Å². The van der Waals surface area contributed by atoms with Crippen molar-refractivity contribution >= 4 is 0 Å². The summed E-state index contributed by atoms with van der Waals surface area (Å²) in [5.74, 6) is 0. The lowest BCUT2D eigenvalue weighted by atomic mass is 9.73. The first-order valence-corrected chi connectivity index (χ1v) is 5.62. The maximum absolute atomic E-state index is 10.4. The van der Waals surface area contributed by atoms with Crippen LogP contribution in [0.1, 0.15) is 24.5 Å². The van der Waals surface area contributed by atoms with E-state index in [0.717, 1.165) is 18.4 Å². The van der Waals surface area contributed by atoms with Gasteiger partial charge in [0.05, 0.1) is 12.3 Å². The van der Waals surface area contributed by atoms with Gasteiger partial charge in [-0.15, -0.1) is 0 Å². The Morgan fingerprint density at radius 1 is 1.62 bits per heavy atom. The quantitative estimate of drug-likeness (QED) is 0.771. The average Bonchev–Trinajstić information content (AvgIpc) is 2.76. The Morgan fingerprint density at radius 2 is 2.31 bits per heavy atom. The van der Waals surface area contributed by atoms with Crippen molar-refractivity contribution in [2.75, 3.05) is 19.8 Å².